The monoisotopic (exact) mass is 266 g/mol. The van der Waals surface area contributed by atoms with E-state index < -0.39 is 0 Å². The van der Waals surface area contributed by atoms with Crippen LogP contribution >= 0.6 is 0 Å². The van der Waals surface area contributed by atoms with E-state index in [0.717, 1.165) is 26.1 Å². The van der Waals surface area contributed by atoms with Crippen molar-refractivity contribution in [1.82, 2.24) is 0 Å². The van der Waals surface area contributed by atoms with Crippen molar-refractivity contribution in [3.8, 4) is 11.1 Å². The van der Waals surface area contributed by atoms with Gasteiger partial charge in [-0.2, -0.15) is 0 Å². The van der Waals surface area contributed by atoms with Gasteiger partial charge in [-0.1, -0.05) is 48.5 Å². The van der Waals surface area contributed by atoms with Crippen molar-refractivity contribution in [2.45, 2.75) is 25.0 Å². The number of hydrogen-bond acceptors (Lipinski definition) is 2. The van der Waals surface area contributed by atoms with Crippen LogP contribution in [0.5, 0.6) is 0 Å². The van der Waals surface area contributed by atoms with Gasteiger partial charge < -0.3 is 9.47 Å². The molecule has 20 heavy (non-hydrogen) atoms. The Morgan fingerprint density at radius 3 is 1.90 bits per heavy atom. The minimum absolute atomic E-state index is 0.00470. The van der Waals surface area contributed by atoms with Crippen molar-refractivity contribution in [3.63, 3.8) is 0 Å². The predicted octanol–water partition coefficient (Wildman–Crippen LogP) is 3.95. The number of rotatable bonds is 3. The second-order valence-corrected chi connectivity index (χ2v) is 5.48. The molecule has 1 heterocycles. The fourth-order valence-corrected chi connectivity index (χ4v) is 3.45. The van der Waals surface area contributed by atoms with Crippen LogP contribution in [0.3, 0.4) is 0 Å². The fourth-order valence-electron chi connectivity index (χ4n) is 3.45. The first-order valence-corrected chi connectivity index (χ1v) is 7.35. The first-order chi connectivity index (χ1) is 9.93. The lowest BCUT2D eigenvalue weighted by Crippen LogP contribution is -2.09. The zero-order chi connectivity index (χ0) is 13.4. The molecule has 1 fully saturated rings. The molecule has 2 aromatic carbocycles. The van der Waals surface area contributed by atoms with E-state index in [1.165, 1.54) is 22.3 Å². The lowest BCUT2D eigenvalue weighted by molar-refractivity contribution is -0.0482. The molecule has 1 saturated heterocycles. The van der Waals surface area contributed by atoms with Gasteiger partial charge >= 0.3 is 0 Å². The van der Waals surface area contributed by atoms with Crippen molar-refractivity contribution in [2.75, 3.05) is 13.2 Å². The molecule has 2 nitrogen and oxygen atoms in total. The van der Waals surface area contributed by atoms with Gasteiger partial charge in [0.15, 0.2) is 6.29 Å². The molecular formula is C18H18O2. The van der Waals surface area contributed by atoms with Crippen molar-refractivity contribution in [2.24, 2.45) is 0 Å². The predicted molar refractivity (Wildman–Crippen MR) is 78.6 cm³/mol. The third-order valence-corrected chi connectivity index (χ3v) is 4.34. The molecule has 0 atom stereocenters. The van der Waals surface area contributed by atoms with E-state index in [-0.39, 0.29) is 6.29 Å². The SMILES string of the molecule is c1ccc2c(c1)-c1ccccc1C2CCC1OCCO1. The van der Waals surface area contributed by atoms with Gasteiger partial charge in [0.2, 0.25) is 0 Å². The van der Waals surface area contributed by atoms with E-state index >= 15 is 0 Å². The second-order valence-electron chi connectivity index (χ2n) is 5.48. The van der Waals surface area contributed by atoms with Gasteiger partial charge in [0.25, 0.3) is 0 Å². The summed E-state index contributed by atoms with van der Waals surface area (Å²) in [5, 5.41) is 0. The topological polar surface area (TPSA) is 18.5 Å². The number of hydrogen-bond donors (Lipinski definition) is 0. The average molecular weight is 266 g/mol. The quantitative estimate of drug-likeness (QED) is 0.837. The van der Waals surface area contributed by atoms with Gasteiger partial charge in [-0.05, 0) is 35.1 Å². The Bertz CT molecular complexity index is 569. The van der Waals surface area contributed by atoms with Crippen LogP contribution in [-0.4, -0.2) is 19.5 Å². The van der Waals surface area contributed by atoms with E-state index in [4.69, 9.17) is 9.47 Å². The zero-order valence-electron chi connectivity index (χ0n) is 11.4. The Labute approximate surface area is 119 Å². The molecule has 0 unspecified atom stereocenters. The zero-order valence-corrected chi connectivity index (χ0v) is 11.4. The summed E-state index contributed by atoms with van der Waals surface area (Å²) in [6.07, 6.45) is 2.04. The minimum Gasteiger partial charge on any atom is -0.350 e. The van der Waals surface area contributed by atoms with Gasteiger partial charge in [0.1, 0.15) is 0 Å². The molecule has 2 heteroatoms. The Morgan fingerprint density at radius 2 is 1.30 bits per heavy atom. The summed E-state index contributed by atoms with van der Waals surface area (Å²) in [6, 6.07) is 17.5. The van der Waals surface area contributed by atoms with Crippen LogP contribution < -0.4 is 0 Å². The molecule has 0 amide bonds. The maximum absolute atomic E-state index is 5.57. The molecule has 0 spiro atoms. The summed E-state index contributed by atoms with van der Waals surface area (Å²) >= 11 is 0. The van der Waals surface area contributed by atoms with Crippen LogP contribution in [0.2, 0.25) is 0 Å². The van der Waals surface area contributed by atoms with Crippen molar-refractivity contribution >= 4 is 0 Å². The van der Waals surface area contributed by atoms with E-state index in [9.17, 15) is 0 Å². The summed E-state index contributed by atoms with van der Waals surface area (Å²) in [5.74, 6) is 0.482. The lowest BCUT2D eigenvalue weighted by Gasteiger charge is -2.16. The maximum atomic E-state index is 5.57. The van der Waals surface area contributed by atoms with Gasteiger partial charge in [-0.3, -0.25) is 0 Å². The highest BCUT2D eigenvalue weighted by atomic mass is 16.7. The Kier molecular flexibility index (Phi) is 3.06. The maximum Gasteiger partial charge on any atom is 0.157 e. The van der Waals surface area contributed by atoms with E-state index in [0.29, 0.717) is 5.92 Å². The van der Waals surface area contributed by atoms with Gasteiger partial charge in [0.05, 0.1) is 13.2 Å². The van der Waals surface area contributed by atoms with Gasteiger partial charge in [0, 0.05) is 5.92 Å². The molecule has 2 aliphatic rings. The van der Waals surface area contributed by atoms with Crippen molar-refractivity contribution in [1.29, 1.82) is 0 Å². The molecule has 0 saturated carbocycles. The van der Waals surface area contributed by atoms with Crippen molar-refractivity contribution < 1.29 is 9.47 Å². The molecule has 0 radical (unpaired) electrons. The Hall–Kier alpha value is -1.64. The number of ether oxygens (including phenoxy) is 2. The fraction of sp³-hybridized carbons (Fsp3) is 0.333. The third kappa shape index (κ3) is 1.96. The van der Waals surface area contributed by atoms with Crippen LogP contribution in [0, 0.1) is 0 Å². The van der Waals surface area contributed by atoms with E-state index in [2.05, 4.69) is 48.5 Å². The minimum atomic E-state index is -0.00470. The van der Waals surface area contributed by atoms with Gasteiger partial charge in [-0.15, -0.1) is 0 Å². The van der Waals surface area contributed by atoms with Crippen LogP contribution in [-0.2, 0) is 9.47 Å². The molecule has 1 aliphatic carbocycles. The third-order valence-electron chi connectivity index (χ3n) is 4.34. The van der Waals surface area contributed by atoms with Crippen LogP contribution in [0.1, 0.15) is 29.9 Å². The highest BCUT2D eigenvalue weighted by molar-refractivity contribution is 5.78. The standard InChI is InChI=1S/C18H18O2/c1-3-7-15-13(5-1)14-6-2-4-8-16(14)17(15)9-10-18-19-11-12-20-18/h1-8,17-18H,9-12H2. The normalized spacial score (nSPS) is 18.2. The van der Waals surface area contributed by atoms with Crippen LogP contribution in [0.15, 0.2) is 48.5 Å². The summed E-state index contributed by atoms with van der Waals surface area (Å²) in [4.78, 5) is 0. The number of benzene rings is 2. The lowest BCUT2D eigenvalue weighted by atomic mass is 9.92. The van der Waals surface area contributed by atoms with E-state index in [1.807, 2.05) is 0 Å². The Balaban J connectivity index is 1.64. The largest absolute Gasteiger partial charge is 0.350 e. The second kappa shape index (κ2) is 5.04. The molecule has 102 valence electrons. The molecule has 1 aliphatic heterocycles. The molecule has 0 N–H and O–H groups in total. The summed E-state index contributed by atoms with van der Waals surface area (Å²) in [6.45, 7) is 1.48. The average Bonchev–Trinajstić information content (AvgIpc) is 3.11. The summed E-state index contributed by atoms with van der Waals surface area (Å²) in [7, 11) is 0. The summed E-state index contributed by atoms with van der Waals surface area (Å²) < 4.78 is 11.1. The molecule has 2 aromatic rings. The first kappa shape index (κ1) is 12.1. The number of fused-ring (bicyclic) bond motifs is 3. The highest BCUT2D eigenvalue weighted by Crippen LogP contribution is 2.46. The van der Waals surface area contributed by atoms with Crippen LogP contribution in [0.4, 0.5) is 0 Å². The first-order valence-electron chi connectivity index (χ1n) is 7.35. The van der Waals surface area contributed by atoms with Crippen LogP contribution in [0.25, 0.3) is 11.1 Å². The highest BCUT2D eigenvalue weighted by Gasteiger charge is 2.29. The smallest absolute Gasteiger partial charge is 0.157 e. The summed E-state index contributed by atoms with van der Waals surface area (Å²) in [5.41, 5.74) is 5.68. The van der Waals surface area contributed by atoms with Gasteiger partial charge in [-0.25, -0.2) is 0 Å². The molecule has 0 aromatic heterocycles. The Morgan fingerprint density at radius 1 is 0.750 bits per heavy atom. The molecule has 4 rings (SSSR count). The van der Waals surface area contributed by atoms with Crippen molar-refractivity contribution in [3.05, 3.63) is 59.7 Å². The molecular weight excluding hydrogens is 248 g/mol. The molecule has 0 bridgehead atoms. The van der Waals surface area contributed by atoms with E-state index in [1.54, 1.807) is 0 Å².